The molecule has 4 rings (SSSR count). The van der Waals surface area contributed by atoms with E-state index < -0.39 is 11.8 Å². The number of rotatable bonds is 6. The number of H-pyrrole nitrogens is 1. The van der Waals surface area contributed by atoms with Gasteiger partial charge in [-0.05, 0) is 55.7 Å². The molecule has 3 aromatic rings. The van der Waals surface area contributed by atoms with Crippen LogP contribution >= 0.6 is 11.6 Å². The second-order valence-electron chi connectivity index (χ2n) is 7.76. The van der Waals surface area contributed by atoms with Gasteiger partial charge >= 0.3 is 5.97 Å². The summed E-state index contributed by atoms with van der Waals surface area (Å²) in [5.41, 5.74) is 4.72. The molecule has 3 N–H and O–H groups in total. The molecule has 1 amide bonds. The molecule has 0 radical (unpaired) electrons. The lowest BCUT2D eigenvalue weighted by molar-refractivity contribution is -0.137. The number of anilines is 3. The summed E-state index contributed by atoms with van der Waals surface area (Å²) in [6.45, 7) is 3.76. The van der Waals surface area contributed by atoms with E-state index in [0.717, 1.165) is 16.8 Å². The summed E-state index contributed by atoms with van der Waals surface area (Å²) in [6.07, 6.45) is 3.47. The predicted octanol–water partition coefficient (Wildman–Crippen LogP) is 4.49. The number of amides is 1. The number of nitrogens with zero attached hydrogens (tertiary/aromatic N) is 3. The summed E-state index contributed by atoms with van der Waals surface area (Å²) in [5.74, 6) is -0.862. The highest BCUT2D eigenvalue weighted by Gasteiger charge is 2.34. The Hall–Kier alpha value is -3.72. The van der Waals surface area contributed by atoms with Gasteiger partial charge in [0.1, 0.15) is 23.8 Å². The largest absolute Gasteiger partial charge is 0.481 e. The Bertz CT molecular complexity index is 1320. The third-order valence-corrected chi connectivity index (χ3v) is 5.93. The third-order valence-electron chi connectivity index (χ3n) is 5.64. The van der Waals surface area contributed by atoms with Crippen molar-refractivity contribution in [2.24, 2.45) is 0 Å². The van der Waals surface area contributed by atoms with Crippen molar-refractivity contribution in [2.45, 2.75) is 26.7 Å². The van der Waals surface area contributed by atoms with Gasteiger partial charge in [-0.15, -0.1) is 0 Å². The van der Waals surface area contributed by atoms with Gasteiger partial charge in [0.25, 0.3) is 5.91 Å². The number of carbonyl (C=O) groups excluding carboxylic acids is 1. The van der Waals surface area contributed by atoms with Crippen molar-refractivity contribution >= 4 is 52.4 Å². The van der Waals surface area contributed by atoms with Crippen molar-refractivity contribution in [3.63, 3.8) is 0 Å². The number of aromatic amines is 1. The van der Waals surface area contributed by atoms with Gasteiger partial charge in [-0.1, -0.05) is 11.6 Å². The second kappa shape index (κ2) is 8.67. The van der Waals surface area contributed by atoms with Crippen LogP contribution < -0.4 is 10.2 Å². The molecular formula is C23H21ClFN5O3. The first-order valence-corrected chi connectivity index (χ1v) is 10.5. The fourth-order valence-electron chi connectivity index (χ4n) is 3.91. The molecule has 33 heavy (non-hydrogen) atoms. The molecule has 10 heteroatoms. The molecule has 0 fully saturated rings. The van der Waals surface area contributed by atoms with Crippen molar-refractivity contribution < 1.29 is 19.1 Å². The van der Waals surface area contributed by atoms with Crippen LogP contribution in [-0.2, 0) is 16.0 Å². The van der Waals surface area contributed by atoms with Gasteiger partial charge in [0.05, 0.1) is 16.2 Å². The van der Waals surface area contributed by atoms with Crippen molar-refractivity contribution in [1.29, 1.82) is 0 Å². The number of aryl methyl sites for hydroxylation is 1. The number of hydrogen-bond acceptors (Lipinski definition) is 5. The van der Waals surface area contributed by atoms with Gasteiger partial charge in [0.2, 0.25) is 0 Å². The number of carboxylic acids is 1. The molecule has 1 aliphatic rings. The first kappa shape index (κ1) is 22.5. The Morgan fingerprint density at radius 3 is 2.79 bits per heavy atom. The lowest BCUT2D eigenvalue weighted by Crippen LogP contribution is -2.21. The van der Waals surface area contributed by atoms with E-state index in [0.29, 0.717) is 40.6 Å². The molecule has 2 aromatic heterocycles. The van der Waals surface area contributed by atoms with Crippen molar-refractivity contribution in [2.75, 3.05) is 17.3 Å². The molecule has 1 aliphatic heterocycles. The van der Waals surface area contributed by atoms with E-state index in [4.69, 9.17) is 16.7 Å². The van der Waals surface area contributed by atoms with Gasteiger partial charge < -0.3 is 15.4 Å². The Kier molecular flexibility index (Phi) is 5.90. The number of halogens is 2. The van der Waals surface area contributed by atoms with Crippen LogP contribution in [0.15, 0.2) is 24.5 Å². The number of nitrogens with one attached hydrogen (secondary N) is 2. The predicted molar refractivity (Wildman–Crippen MR) is 124 cm³/mol. The summed E-state index contributed by atoms with van der Waals surface area (Å²) in [4.78, 5) is 37.3. The molecule has 0 spiro atoms. The van der Waals surface area contributed by atoms with Crippen LogP contribution in [0.2, 0.25) is 5.02 Å². The lowest BCUT2D eigenvalue weighted by Gasteiger charge is -2.11. The summed E-state index contributed by atoms with van der Waals surface area (Å²) in [6, 6.07) is 4.19. The molecule has 0 atom stereocenters. The van der Waals surface area contributed by atoms with Crippen LogP contribution in [0.1, 0.15) is 34.5 Å². The molecule has 0 unspecified atom stereocenters. The maximum absolute atomic E-state index is 13.6. The molecule has 3 heterocycles. The van der Waals surface area contributed by atoms with E-state index >= 15 is 0 Å². The van der Waals surface area contributed by atoms with Gasteiger partial charge in [0.15, 0.2) is 0 Å². The van der Waals surface area contributed by atoms with Gasteiger partial charge in [-0.2, -0.15) is 0 Å². The summed E-state index contributed by atoms with van der Waals surface area (Å²) < 4.78 is 13.6. The SMILES string of the molecule is Cc1[nH]c(/C=C2\C(=O)N(C)c3ncnc(Nc4ccc(F)c(Cl)c4)c32)c(C)c1CCC(=O)O. The zero-order chi connectivity index (χ0) is 23.9. The maximum atomic E-state index is 13.6. The van der Waals surface area contributed by atoms with E-state index in [1.54, 1.807) is 13.1 Å². The number of aromatic nitrogens is 3. The van der Waals surface area contributed by atoms with Crippen LogP contribution in [0.5, 0.6) is 0 Å². The first-order valence-electron chi connectivity index (χ1n) is 10.1. The molecule has 0 bridgehead atoms. The van der Waals surface area contributed by atoms with E-state index in [9.17, 15) is 14.0 Å². The first-order chi connectivity index (χ1) is 15.7. The van der Waals surface area contributed by atoms with E-state index in [1.807, 2.05) is 13.8 Å². The number of aliphatic carboxylic acids is 1. The Morgan fingerprint density at radius 1 is 1.33 bits per heavy atom. The van der Waals surface area contributed by atoms with Crippen LogP contribution in [-0.4, -0.2) is 39.0 Å². The molecular weight excluding hydrogens is 449 g/mol. The molecule has 1 aromatic carbocycles. The standard InChI is InChI=1S/C23H21ClFN5O3/c1-11-14(5-7-19(31)32)12(2)28-18(11)9-15-20-21(26-10-27-22(20)30(3)23(15)33)29-13-4-6-17(25)16(24)8-13/h4,6,8-10,28H,5,7H2,1-3H3,(H,31,32)(H,26,27,29)/b15-9-. The van der Waals surface area contributed by atoms with Crippen molar-refractivity contribution in [3.8, 4) is 0 Å². The normalized spacial score (nSPS) is 14.2. The molecule has 0 aliphatic carbocycles. The fraction of sp³-hybridized carbons (Fsp3) is 0.217. The van der Waals surface area contributed by atoms with Gasteiger partial charge in [-0.25, -0.2) is 14.4 Å². The maximum Gasteiger partial charge on any atom is 0.303 e. The molecule has 0 saturated heterocycles. The molecule has 0 saturated carbocycles. The Morgan fingerprint density at radius 2 is 2.09 bits per heavy atom. The average Bonchev–Trinajstić information content (AvgIpc) is 3.17. The van der Waals surface area contributed by atoms with Crippen LogP contribution in [0.3, 0.4) is 0 Å². The number of hydrogen-bond donors (Lipinski definition) is 3. The highest BCUT2D eigenvalue weighted by Crippen LogP contribution is 2.40. The number of likely N-dealkylation sites (N-methyl/N-ethyl adjacent to an activating group) is 1. The zero-order valence-corrected chi connectivity index (χ0v) is 18.9. The van der Waals surface area contributed by atoms with Gasteiger partial charge in [0, 0.05) is 30.5 Å². The van der Waals surface area contributed by atoms with Crippen molar-refractivity contribution in [1.82, 2.24) is 15.0 Å². The van der Waals surface area contributed by atoms with Gasteiger partial charge in [-0.3, -0.25) is 14.5 Å². The highest BCUT2D eigenvalue weighted by atomic mass is 35.5. The second-order valence-corrected chi connectivity index (χ2v) is 8.17. The molecule has 8 nitrogen and oxygen atoms in total. The average molecular weight is 470 g/mol. The Labute approximate surface area is 194 Å². The topological polar surface area (TPSA) is 111 Å². The Balaban J connectivity index is 1.78. The van der Waals surface area contributed by atoms with E-state index in [1.165, 1.54) is 29.4 Å². The summed E-state index contributed by atoms with van der Waals surface area (Å²) in [7, 11) is 1.62. The summed E-state index contributed by atoms with van der Waals surface area (Å²) >= 11 is 5.90. The minimum absolute atomic E-state index is 0.0161. The number of carbonyl (C=O) groups is 2. The zero-order valence-electron chi connectivity index (χ0n) is 18.2. The summed E-state index contributed by atoms with van der Waals surface area (Å²) in [5, 5.41) is 12.1. The van der Waals surface area contributed by atoms with Crippen LogP contribution in [0.4, 0.5) is 21.7 Å². The molecule has 170 valence electrons. The highest BCUT2D eigenvalue weighted by molar-refractivity contribution is 6.36. The monoisotopic (exact) mass is 469 g/mol. The van der Waals surface area contributed by atoms with Crippen LogP contribution in [0.25, 0.3) is 11.6 Å². The number of benzene rings is 1. The lowest BCUT2D eigenvalue weighted by atomic mass is 10.0. The fourth-order valence-corrected chi connectivity index (χ4v) is 4.09. The van der Waals surface area contributed by atoms with Crippen LogP contribution in [0, 0.1) is 19.7 Å². The number of fused-ring (bicyclic) bond motifs is 1. The smallest absolute Gasteiger partial charge is 0.303 e. The number of carboxylic acid groups (broad SMARTS) is 1. The van der Waals surface area contributed by atoms with Crippen molar-refractivity contribution in [3.05, 3.63) is 63.4 Å². The van der Waals surface area contributed by atoms with E-state index in [2.05, 4.69) is 20.3 Å². The quantitative estimate of drug-likeness (QED) is 0.458. The minimum Gasteiger partial charge on any atom is -0.481 e. The van der Waals surface area contributed by atoms with E-state index in [-0.39, 0.29) is 17.4 Å². The third kappa shape index (κ3) is 4.19. The minimum atomic E-state index is -0.870.